The van der Waals surface area contributed by atoms with Crippen molar-refractivity contribution in [2.45, 2.75) is 26.8 Å². The van der Waals surface area contributed by atoms with Crippen molar-refractivity contribution in [2.75, 3.05) is 13.2 Å². The number of hydrogen-bond donors (Lipinski definition) is 1. The molecule has 1 N–H and O–H groups in total. The minimum Gasteiger partial charge on any atom is -0.492 e. The minimum absolute atomic E-state index is 0.0516. The van der Waals surface area contributed by atoms with Crippen LogP contribution in [0.4, 0.5) is 0 Å². The van der Waals surface area contributed by atoms with E-state index in [1.165, 1.54) is 10.4 Å². The van der Waals surface area contributed by atoms with Crippen LogP contribution in [0, 0.1) is 6.92 Å². The number of rotatable bonds is 6. The van der Waals surface area contributed by atoms with E-state index in [0.717, 1.165) is 12.1 Å². The van der Waals surface area contributed by atoms with Crippen LogP contribution in [0.2, 0.25) is 10.0 Å². The second-order valence-corrected chi connectivity index (χ2v) is 6.46. The van der Waals surface area contributed by atoms with Gasteiger partial charge in [-0.2, -0.15) is 0 Å². The molecule has 2 aromatic rings. The van der Waals surface area contributed by atoms with Gasteiger partial charge in [0, 0.05) is 16.0 Å². The monoisotopic (exact) mass is 343 g/mol. The second kappa shape index (κ2) is 7.50. The smallest absolute Gasteiger partial charge is 0.139 e. The van der Waals surface area contributed by atoms with E-state index in [2.05, 4.69) is 30.6 Å². The van der Waals surface area contributed by atoms with Crippen LogP contribution in [0.1, 0.15) is 35.9 Å². The molecule has 0 amide bonds. The first-order chi connectivity index (χ1) is 10.1. The van der Waals surface area contributed by atoms with Crippen molar-refractivity contribution in [3.8, 4) is 5.75 Å². The average Bonchev–Trinajstić information content (AvgIpc) is 2.86. The Kier molecular flexibility index (Phi) is 5.94. The second-order valence-electron chi connectivity index (χ2n) is 4.70. The van der Waals surface area contributed by atoms with Gasteiger partial charge >= 0.3 is 0 Å². The molecule has 0 spiro atoms. The van der Waals surface area contributed by atoms with Gasteiger partial charge in [-0.1, -0.05) is 30.1 Å². The third kappa shape index (κ3) is 3.72. The van der Waals surface area contributed by atoms with E-state index in [-0.39, 0.29) is 6.04 Å². The molecule has 1 atom stereocenters. The van der Waals surface area contributed by atoms with Gasteiger partial charge in [-0.25, -0.2) is 0 Å². The van der Waals surface area contributed by atoms with Crippen molar-refractivity contribution in [3.63, 3.8) is 0 Å². The highest BCUT2D eigenvalue weighted by atomic mass is 35.5. The van der Waals surface area contributed by atoms with Crippen molar-refractivity contribution in [1.29, 1.82) is 0 Å². The number of ether oxygens (including phenoxy) is 1. The zero-order valence-electron chi connectivity index (χ0n) is 12.4. The van der Waals surface area contributed by atoms with Gasteiger partial charge in [0.25, 0.3) is 0 Å². The zero-order valence-corrected chi connectivity index (χ0v) is 14.7. The van der Waals surface area contributed by atoms with Crippen molar-refractivity contribution in [3.05, 3.63) is 49.6 Å². The van der Waals surface area contributed by atoms with Crippen LogP contribution in [-0.4, -0.2) is 13.2 Å². The predicted octanol–water partition coefficient (Wildman–Crippen LogP) is 5.46. The van der Waals surface area contributed by atoms with Crippen LogP contribution in [0.15, 0.2) is 23.6 Å². The van der Waals surface area contributed by atoms with Crippen LogP contribution in [0.3, 0.4) is 0 Å². The largest absolute Gasteiger partial charge is 0.492 e. The molecule has 0 aliphatic carbocycles. The Morgan fingerprint density at radius 1 is 1.24 bits per heavy atom. The maximum Gasteiger partial charge on any atom is 0.139 e. The van der Waals surface area contributed by atoms with E-state index in [4.69, 9.17) is 27.9 Å². The molecular formula is C16H19Cl2NOS. The number of benzene rings is 1. The summed E-state index contributed by atoms with van der Waals surface area (Å²) in [7, 11) is 0. The highest BCUT2D eigenvalue weighted by Gasteiger charge is 2.21. The van der Waals surface area contributed by atoms with Crippen LogP contribution in [-0.2, 0) is 0 Å². The molecule has 0 aliphatic heterocycles. The SMILES string of the molecule is CCNC(c1cc(Cl)c(OCC)cc1Cl)c1sccc1C. The Labute approximate surface area is 140 Å². The van der Waals surface area contributed by atoms with Crippen LogP contribution in [0.5, 0.6) is 5.75 Å². The molecule has 114 valence electrons. The fourth-order valence-corrected chi connectivity index (χ4v) is 3.77. The maximum atomic E-state index is 6.46. The van der Waals surface area contributed by atoms with Crippen molar-refractivity contribution in [2.24, 2.45) is 0 Å². The molecule has 1 aromatic carbocycles. The molecule has 1 unspecified atom stereocenters. The Bertz CT molecular complexity index is 612. The van der Waals surface area contributed by atoms with E-state index in [1.807, 2.05) is 13.0 Å². The summed E-state index contributed by atoms with van der Waals surface area (Å²) in [5, 5.41) is 6.84. The number of halogens is 2. The highest BCUT2D eigenvalue weighted by Crippen LogP contribution is 2.38. The maximum absolute atomic E-state index is 6.46. The summed E-state index contributed by atoms with van der Waals surface area (Å²) >= 11 is 14.5. The fourth-order valence-electron chi connectivity index (χ4n) is 2.26. The molecule has 2 rings (SSSR count). The van der Waals surface area contributed by atoms with E-state index in [1.54, 1.807) is 17.4 Å². The number of nitrogens with one attached hydrogen (secondary N) is 1. The van der Waals surface area contributed by atoms with E-state index in [0.29, 0.717) is 22.4 Å². The van der Waals surface area contributed by atoms with E-state index in [9.17, 15) is 0 Å². The van der Waals surface area contributed by atoms with Crippen LogP contribution >= 0.6 is 34.5 Å². The molecule has 1 heterocycles. The molecule has 2 nitrogen and oxygen atoms in total. The highest BCUT2D eigenvalue weighted by molar-refractivity contribution is 7.10. The third-order valence-corrected chi connectivity index (χ3v) is 4.94. The van der Waals surface area contributed by atoms with E-state index < -0.39 is 0 Å². The van der Waals surface area contributed by atoms with Gasteiger partial charge in [-0.3, -0.25) is 0 Å². The zero-order chi connectivity index (χ0) is 15.4. The summed E-state index contributed by atoms with van der Waals surface area (Å²) in [5.74, 6) is 0.631. The summed E-state index contributed by atoms with van der Waals surface area (Å²) in [6, 6.07) is 5.88. The molecule has 0 aliphatic rings. The molecule has 21 heavy (non-hydrogen) atoms. The summed E-state index contributed by atoms with van der Waals surface area (Å²) < 4.78 is 5.49. The summed E-state index contributed by atoms with van der Waals surface area (Å²) in [6.45, 7) is 7.54. The Hall–Kier alpha value is -0.740. The lowest BCUT2D eigenvalue weighted by Crippen LogP contribution is -2.22. The normalized spacial score (nSPS) is 12.4. The van der Waals surface area contributed by atoms with Crippen molar-refractivity contribution >= 4 is 34.5 Å². The van der Waals surface area contributed by atoms with Crippen LogP contribution < -0.4 is 10.1 Å². The lowest BCUT2D eigenvalue weighted by Gasteiger charge is -2.21. The minimum atomic E-state index is 0.0516. The fraction of sp³-hybridized carbons (Fsp3) is 0.375. The summed E-state index contributed by atoms with van der Waals surface area (Å²) in [4.78, 5) is 1.26. The molecule has 1 aromatic heterocycles. The molecule has 5 heteroatoms. The van der Waals surface area contributed by atoms with Crippen molar-refractivity contribution in [1.82, 2.24) is 5.32 Å². The van der Waals surface area contributed by atoms with Crippen molar-refractivity contribution < 1.29 is 4.74 Å². The first-order valence-corrected chi connectivity index (χ1v) is 8.61. The summed E-state index contributed by atoms with van der Waals surface area (Å²) in [5.41, 5.74) is 2.24. The molecule has 0 saturated heterocycles. The van der Waals surface area contributed by atoms with Gasteiger partial charge in [0.2, 0.25) is 0 Å². The van der Waals surface area contributed by atoms with Gasteiger partial charge in [0.05, 0.1) is 17.7 Å². The Morgan fingerprint density at radius 3 is 2.57 bits per heavy atom. The van der Waals surface area contributed by atoms with E-state index >= 15 is 0 Å². The molecule has 0 radical (unpaired) electrons. The molecule has 0 saturated carbocycles. The van der Waals surface area contributed by atoms with Gasteiger partial charge in [0.1, 0.15) is 5.75 Å². The lowest BCUT2D eigenvalue weighted by molar-refractivity contribution is 0.340. The first-order valence-electron chi connectivity index (χ1n) is 6.97. The van der Waals surface area contributed by atoms with Gasteiger partial charge in [-0.05, 0) is 49.0 Å². The van der Waals surface area contributed by atoms with Gasteiger partial charge < -0.3 is 10.1 Å². The lowest BCUT2D eigenvalue weighted by atomic mass is 10.0. The summed E-state index contributed by atoms with van der Waals surface area (Å²) in [6.07, 6.45) is 0. The number of hydrogen-bond acceptors (Lipinski definition) is 3. The third-order valence-electron chi connectivity index (χ3n) is 3.23. The Balaban J connectivity index is 2.46. The van der Waals surface area contributed by atoms with Gasteiger partial charge in [0.15, 0.2) is 0 Å². The number of thiophene rings is 1. The predicted molar refractivity (Wildman–Crippen MR) is 92.2 cm³/mol. The number of aryl methyl sites for hydroxylation is 1. The topological polar surface area (TPSA) is 21.3 Å². The first kappa shape index (κ1) is 16.6. The standard InChI is InChI=1S/C16H19Cl2NOS/c1-4-19-15(16-10(3)6-7-21-16)11-8-13(18)14(20-5-2)9-12(11)17/h6-9,15,19H,4-5H2,1-3H3. The quantitative estimate of drug-likeness (QED) is 0.751. The van der Waals surface area contributed by atoms with Gasteiger partial charge in [-0.15, -0.1) is 11.3 Å². The molecular weight excluding hydrogens is 325 g/mol. The molecule has 0 fully saturated rings. The molecule has 0 bridgehead atoms. The van der Waals surface area contributed by atoms with Crippen LogP contribution in [0.25, 0.3) is 0 Å². The average molecular weight is 344 g/mol. The Morgan fingerprint density at radius 2 is 2.00 bits per heavy atom.